The third kappa shape index (κ3) is 5.52. The zero-order chi connectivity index (χ0) is 24.8. The van der Waals surface area contributed by atoms with Gasteiger partial charge in [0.05, 0.1) is 11.9 Å². The molecule has 178 valence electrons. The number of carbonyl (C=O) groups excluding carboxylic acids is 2. The van der Waals surface area contributed by atoms with Gasteiger partial charge in [0.25, 0.3) is 5.91 Å². The summed E-state index contributed by atoms with van der Waals surface area (Å²) in [4.78, 5) is 50.5. The maximum absolute atomic E-state index is 13.6. The number of pyridine rings is 1. The van der Waals surface area contributed by atoms with Crippen molar-refractivity contribution in [2.45, 2.75) is 24.9 Å². The second kappa shape index (κ2) is 10.6. The summed E-state index contributed by atoms with van der Waals surface area (Å²) in [5.74, 6) is -2.13. The fourth-order valence-corrected chi connectivity index (χ4v) is 4.02. The number of rotatable bonds is 9. The van der Waals surface area contributed by atoms with Gasteiger partial charge in [0.15, 0.2) is 0 Å². The van der Waals surface area contributed by atoms with Crippen LogP contribution >= 0.6 is 0 Å². The predicted molar refractivity (Wildman–Crippen MR) is 130 cm³/mol. The van der Waals surface area contributed by atoms with E-state index in [9.17, 15) is 19.5 Å². The summed E-state index contributed by atoms with van der Waals surface area (Å²) in [6.07, 6.45) is 6.18. The highest BCUT2D eigenvalue weighted by atomic mass is 16.4. The van der Waals surface area contributed by atoms with Gasteiger partial charge < -0.3 is 20.3 Å². The minimum absolute atomic E-state index is 0.0507. The largest absolute Gasteiger partial charge is 0.480 e. The first-order chi connectivity index (χ1) is 16.9. The number of carbonyl (C=O) groups is 3. The molecule has 4 rings (SSSR count). The van der Waals surface area contributed by atoms with Crippen molar-refractivity contribution in [2.24, 2.45) is 0 Å². The van der Waals surface area contributed by atoms with Crippen molar-refractivity contribution in [3.05, 3.63) is 96.3 Å². The van der Waals surface area contributed by atoms with Crippen LogP contribution < -0.4 is 5.32 Å². The Bertz CT molecular complexity index is 1320. The molecule has 2 aromatic carbocycles. The van der Waals surface area contributed by atoms with Crippen molar-refractivity contribution in [1.82, 2.24) is 25.2 Å². The lowest BCUT2D eigenvalue weighted by molar-refractivity contribution is -0.149. The van der Waals surface area contributed by atoms with E-state index in [0.717, 1.165) is 16.3 Å². The normalized spacial score (nSPS) is 12.6. The summed E-state index contributed by atoms with van der Waals surface area (Å²) < 4.78 is 0. The molecular weight excluding hydrogens is 446 g/mol. The molecule has 4 aromatic rings. The van der Waals surface area contributed by atoms with Crippen LogP contribution in [-0.4, -0.2) is 61.9 Å². The van der Waals surface area contributed by atoms with Crippen LogP contribution in [-0.2, 0) is 22.4 Å². The van der Waals surface area contributed by atoms with Gasteiger partial charge in [-0.05, 0) is 28.5 Å². The minimum atomic E-state index is -1.15. The number of fused-ring (bicyclic) bond motifs is 1. The molecule has 0 fully saturated rings. The van der Waals surface area contributed by atoms with Crippen molar-refractivity contribution in [2.75, 3.05) is 7.05 Å². The van der Waals surface area contributed by atoms with Crippen LogP contribution in [0.3, 0.4) is 0 Å². The number of H-pyrrole nitrogens is 1. The topological polar surface area (TPSA) is 128 Å². The molecule has 9 nitrogen and oxygen atoms in total. The molecule has 0 radical (unpaired) electrons. The van der Waals surface area contributed by atoms with Crippen LogP contribution in [0.25, 0.3) is 10.8 Å². The highest BCUT2D eigenvalue weighted by Gasteiger charge is 2.33. The van der Waals surface area contributed by atoms with Gasteiger partial charge in [-0.25, -0.2) is 9.78 Å². The maximum Gasteiger partial charge on any atom is 0.326 e. The summed E-state index contributed by atoms with van der Waals surface area (Å²) in [5.41, 5.74) is 1.75. The zero-order valence-electron chi connectivity index (χ0n) is 19.1. The molecule has 2 amide bonds. The predicted octanol–water partition coefficient (Wildman–Crippen LogP) is 2.45. The Balaban J connectivity index is 1.64. The molecule has 2 aromatic heterocycles. The Kier molecular flexibility index (Phi) is 7.15. The molecule has 0 unspecified atom stereocenters. The van der Waals surface area contributed by atoms with Crippen molar-refractivity contribution in [1.29, 1.82) is 0 Å². The molecular formula is C26H25N5O4. The number of nitrogens with zero attached hydrogens (tertiary/aromatic N) is 3. The number of aliphatic carboxylic acids is 1. The Morgan fingerprint density at radius 2 is 1.80 bits per heavy atom. The number of benzene rings is 2. The second-order valence-electron chi connectivity index (χ2n) is 8.19. The molecule has 9 heteroatoms. The van der Waals surface area contributed by atoms with Gasteiger partial charge in [-0.1, -0.05) is 42.5 Å². The van der Waals surface area contributed by atoms with Gasteiger partial charge in [-0.15, -0.1) is 0 Å². The minimum Gasteiger partial charge on any atom is -0.480 e. The number of imidazole rings is 1. The fraction of sp³-hybridized carbons (Fsp3) is 0.192. The molecule has 0 spiro atoms. The van der Waals surface area contributed by atoms with Crippen LogP contribution in [0.5, 0.6) is 0 Å². The van der Waals surface area contributed by atoms with Gasteiger partial charge in [0, 0.05) is 44.2 Å². The molecule has 2 heterocycles. The van der Waals surface area contributed by atoms with E-state index in [1.807, 2.05) is 42.5 Å². The molecule has 0 saturated carbocycles. The summed E-state index contributed by atoms with van der Waals surface area (Å²) in [5, 5.41) is 14.6. The van der Waals surface area contributed by atoms with Crippen molar-refractivity contribution in [3.63, 3.8) is 0 Å². The van der Waals surface area contributed by atoms with Crippen LogP contribution in [0.1, 0.15) is 21.6 Å². The highest BCUT2D eigenvalue weighted by Crippen LogP contribution is 2.21. The number of likely N-dealkylation sites (N-methyl/N-ethyl adjacent to an activating group) is 1. The first kappa shape index (κ1) is 23.6. The summed E-state index contributed by atoms with van der Waals surface area (Å²) >= 11 is 0. The summed E-state index contributed by atoms with van der Waals surface area (Å²) in [7, 11) is 1.43. The van der Waals surface area contributed by atoms with Gasteiger partial charge in [0.2, 0.25) is 5.91 Å². The lowest BCUT2D eigenvalue weighted by Crippen LogP contribution is -2.53. The van der Waals surface area contributed by atoms with E-state index in [1.165, 1.54) is 30.7 Å². The number of hydrogen-bond donors (Lipinski definition) is 3. The molecule has 3 N–H and O–H groups in total. The molecule has 2 atom stereocenters. The highest BCUT2D eigenvalue weighted by molar-refractivity contribution is 5.98. The average Bonchev–Trinajstić information content (AvgIpc) is 3.40. The first-order valence-corrected chi connectivity index (χ1v) is 11.1. The Morgan fingerprint density at radius 1 is 1.00 bits per heavy atom. The smallest absolute Gasteiger partial charge is 0.326 e. The van der Waals surface area contributed by atoms with Crippen LogP contribution in [0, 0.1) is 0 Å². The number of aromatic amines is 1. The van der Waals surface area contributed by atoms with Crippen molar-refractivity contribution >= 4 is 28.6 Å². The van der Waals surface area contributed by atoms with E-state index in [0.29, 0.717) is 11.3 Å². The van der Waals surface area contributed by atoms with Crippen molar-refractivity contribution in [3.8, 4) is 0 Å². The van der Waals surface area contributed by atoms with E-state index in [1.54, 1.807) is 18.3 Å². The van der Waals surface area contributed by atoms with E-state index >= 15 is 0 Å². The number of carboxylic acid groups (broad SMARTS) is 1. The number of aromatic nitrogens is 3. The van der Waals surface area contributed by atoms with Gasteiger partial charge >= 0.3 is 5.97 Å². The number of carboxylic acids is 1. The number of hydrogen-bond acceptors (Lipinski definition) is 5. The van der Waals surface area contributed by atoms with Crippen LogP contribution in [0.2, 0.25) is 0 Å². The van der Waals surface area contributed by atoms with E-state index in [-0.39, 0.29) is 12.8 Å². The van der Waals surface area contributed by atoms with Crippen molar-refractivity contribution < 1.29 is 19.5 Å². The average molecular weight is 472 g/mol. The lowest BCUT2D eigenvalue weighted by Gasteiger charge is -2.29. The van der Waals surface area contributed by atoms with Crippen LogP contribution in [0.15, 0.2) is 79.5 Å². The quantitative estimate of drug-likeness (QED) is 0.344. The number of nitrogens with one attached hydrogen (secondary N) is 2. The van der Waals surface area contributed by atoms with E-state index in [2.05, 4.69) is 20.3 Å². The second-order valence-corrected chi connectivity index (χ2v) is 8.19. The standard InChI is InChI=1S/C26H25N5O4/c1-31(23(26(34)35)13-20-15-28-16-29-20)25(33)22(30-24(32)19-9-5-11-27-14-19)12-18-8-4-7-17-6-2-3-10-21(17)18/h2-11,14-16,22-23H,12-13H2,1H3,(H,28,29)(H,30,32)(H,34,35)/t22-,23-/m0/s1. The molecule has 0 saturated heterocycles. The third-order valence-electron chi connectivity index (χ3n) is 5.90. The Labute approximate surface area is 201 Å². The Hall–Kier alpha value is -4.53. The monoisotopic (exact) mass is 471 g/mol. The van der Waals surface area contributed by atoms with Gasteiger partial charge in [0.1, 0.15) is 12.1 Å². The summed E-state index contributed by atoms with van der Waals surface area (Å²) in [6, 6.07) is 14.6. The first-order valence-electron chi connectivity index (χ1n) is 11.1. The van der Waals surface area contributed by atoms with Gasteiger partial charge in [-0.2, -0.15) is 0 Å². The van der Waals surface area contributed by atoms with E-state index < -0.39 is 29.9 Å². The lowest BCUT2D eigenvalue weighted by atomic mass is 9.97. The maximum atomic E-state index is 13.6. The molecule has 0 aliphatic heterocycles. The molecule has 35 heavy (non-hydrogen) atoms. The third-order valence-corrected chi connectivity index (χ3v) is 5.90. The van der Waals surface area contributed by atoms with Gasteiger partial charge in [-0.3, -0.25) is 14.6 Å². The zero-order valence-corrected chi connectivity index (χ0v) is 19.1. The SMILES string of the molecule is CN(C(=O)[C@H](Cc1cccc2ccccc12)NC(=O)c1cccnc1)[C@@H](Cc1cnc[nH]1)C(=O)O. The molecule has 0 bridgehead atoms. The summed E-state index contributed by atoms with van der Waals surface area (Å²) in [6.45, 7) is 0. The Morgan fingerprint density at radius 3 is 2.51 bits per heavy atom. The van der Waals surface area contributed by atoms with E-state index in [4.69, 9.17) is 0 Å². The molecule has 0 aliphatic rings. The number of amides is 2. The fourth-order valence-electron chi connectivity index (χ4n) is 4.02. The van der Waals surface area contributed by atoms with Crippen LogP contribution in [0.4, 0.5) is 0 Å². The molecule has 0 aliphatic carbocycles.